The molecule has 6 nitrogen and oxygen atoms in total. The van der Waals surface area contributed by atoms with Crippen molar-refractivity contribution in [3.05, 3.63) is 89.7 Å². The molecule has 0 radical (unpaired) electrons. The number of benzene rings is 1. The van der Waals surface area contributed by atoms with Crippen LogP contribution in [0.15, 0.2) is 61.3 Å². The number of nitrogens with zero attached hydrogens (tertiary/aromatic N) is 3. The molecule has 3 aromatic heterocycles. The monoisotopic (exact) mass is 426 g/mol. The molecule has 7 heteroatoms. The van der Waals surface area contributed by atoms with E-state index in [0.29, 0.717) is 11.5 Å². The van der Waals surface area contributed by atoms with Gasteiger partial charge in [-0.1, -0.05) is 36.9 Å². The zero-order chi connectivity index (χ0) is 22.1. The molecule has 0 bridgehead atoms. The van der Waals surface area contributed by atoms with Crippen LogP contribution < -0.4 is 5.32 Å². The van der Waals surface area contributed by atoms with Gasteiger partial charge in [-0.15, -0.1) is 0 Å². The van der Waals surface area contributed by atoms with E-state index in [9.17, 15) is 4.39 Å². The van der Waals surface area contributed by atoms with Gasteiger partial charge in [0.05, 0.1) is 11.1 Å². The maximum atomic E-state index is 13.9. The second kappa shape index (κ2) is 8.36. The molecule has 0 unspecified atom stereocenters. The predicted molar refractivity (Wildman–Crippen MR) is 125 cm³/mol. The maximum absolute atomic E-state index is 13.9. The lowest BCUT2D eigenvalue weighted by atomic mass is 10.0. The Kier molecular flexibility index (Phi) is 5.25. The summed E-state index contributed by atoms with van der Waals surface area (Å²) >= 11 is 0. The SMILES string of the molecule is C=C/C=C(/c1cccc(F)c1)c1nc(-c2[nH]nc3ncc(C4=CCNCC4)cc23)[nH]c1C. The second-order valence-corrected chi connectivity index (χ2v) is 7.76. The Bertz CT molecular complexity index is 1370. The van der Waals surface area contributed by atoms with Crippen molar-refractivity contribution >= 4 is 22.2 Å². The number of hydrogen-bond acceptors (Lipinski definition) is 4. The van der Waals surface area contributed by atoms with Gasteiger partial charge in [-0.3, -0.25) is 5.10 Å². The molecular weight excluding hydrogens is 403 g/mol. The fourth-order valence-corrected chi connectivity index (χ4v) is 4.07. The van der Waals surface area contributed by atoms with Crippen molar-refractivity contribution in [3.63, 3.8) is 0 Å². The fraction of sp³-hybridized carbons (Fsp3) is 0.160. The number of pyridine rings is 1. The van der Waals surface area contributed by atoms with Gasteiger partial charge in [0.15, 0.2) is 11.5 Å². The molecule has 5 rings (SSSR count). The summed E-state index contributed by atoms with van der Waals surface area (Å²) in [7, 11) is 0. The summed E-state index contributed by atoms with van der Waals surface area (Å²) in [5.74, 6) is 0.362. The second-order valence-electron chi connectivity index (χ2n) is 7.76. The number of hydrogen-bond donors (Lipinski definition) is 3. The van der Waals surface area contributed by atoms with E-state index in [2.05, 4.69) is 44.2 Å². The van der Waals surface area contributed by atoms with E-state index in [0.717, 1.165) is 58.7 Å². The van der Waals surface area contributed by atoms with Crippen molar-refractivity contribution in [1.29, 1.82) is 0 Å². The van der Waals surface area contributed by atoms with E-state index >= 15 is 0 Å². The molecule has 32 heavy (non-hydrogen) atoms. The van der Waals surface area contributed by atoms with Gasteiger partial charge < -0.3 is 10.3 Å². The van der Waals surface area contributed by atoms with Crippen molar-refractivity contribution in [2.45, 2.75) is 13.3 Å². The minimum absolute atomic E-state index is 0.295. The van der Waals surface area contributed by atoms with Crippen molar-refractivity contribution in [2.75, 3.05) is 13.1 Å². The van der Waals surface area contributed by atoms with Gasteiger partial charge in [0.1, 0.15) is 11.5 Å². The van der Waals surface area contributed by atoms with Crippen LogP contribution in [0.25, 0.3) is 33.7 Å². The molecule has 1 aliphatic heterocycles. The Balaban J connectivity index is 1.59. The molecule has 1 aromatic carbocycles. The molecule has 0 fully saturated rings. The topological polar surface area (TPSA) is 82.3 Å². The molecule has 0 amide bonds. The summed E-state index contributed by atoms with van der Waals surface area (Å²) in [6.45, 7) is 7.59. The molecule has 0 aliphatic carbocycles. The number of fused-ring (bicyclic) bond motifs is 1. The molecular formula is C25H23FN6. The van der Waals surface area contributed by atoms with Crippen molar-refractivity contribution in [3.8, 4) is 11.5 Å². The summed E-state index contributed by atoms with van der Waals surface area (Å²) in [6.07, 6.45) is 8.57. The normalized spacial score (nSPS) is 14.6. The highest BCUT2D eigenvalue weighted by molar-refractivity contribution is 5.92. The largest absolute Gasteiger partial charge is 0.340 e. The first kappa shape index (κ1) is 20.1. The molecule has 0 atom stereocenters. The number of allylic oxidation sites excluding steroid dienone is 2. The van der Waals surface area contributed by atoms with E-state index in [4.69, 9.17) is 4.98 Å². The van der Waals surface area contributed by atoms with Crippen molar-refractivity contribution < 1.29 is 4.39 Å². The zero-order valence-corrected chi connectivity index (χ0v) is 17.7. The summed E-state index contributed by atoms with van der Waals surface area (Å²) in [5.41, 5.74) is 6.92. The lowest BCUT2D eigenvalue weighted by Crippen LogP contribution is -2.20. The third kappa shape index (κ3) is 3.67. The van der Waals surface area contributed by atoms with Crippen LogP contribution in [-0.2, 0) is 0 Å². The van der Waals surface area contributed by atoms with Gasteiger partial charge in [-0.2, -0.15) is 5.10 Å². The Morgan fingerprint density at radius 1 is 1.25 bits per heavy atom. The average molecular weight is 426 g/mol. The van der Waals surface area contributed by atoms with Crippen LogP contribution in [0.3, 0.4) is 0 Å². The predicted octanol–water partition coefficient (Wildman–Crippen LogP) is 4.79. The summed E-state index contributed by atoms with van der Waals surface area (Å²) in [6, 6.07) is 8.59. The molecule has 1 aliphatic rings. The molecule has 3 N–H and O–H groups in total. The molecule has 4 aromatic rings. The Labute approximate surface area is 185 Å². The highest BCUT2D eigenvalue weighted by atomic mass is 19.1. The quantitative estimate of drug-likeness (QED) is 0.401. The summed E-state index contributed by atoms with van der Waals surface area (Å²) in [4.78, 5) is 12.8. The minimum atomic E-state index is -0.295. The minimum Gasteiger partial charge on any atom is -0.340 e. The Hall–Kier alpha value is -3.84. The third-order valence-electron chi connectivity index (χ3n) is 5.64. The lowest BCUT2D eigenvalue weighted by Gasteiger charge is -2.13. The number of aromatic nitrogens is 5. The van der Waals surface area contributed by atoms with E-state index in [1.165, 1.54) is 17.7 Å². The first-order valence-electron chi connectivity index (χ1n) is 10.5. The van der Waals surface area contributed by atoms with E-state index in [1.54, 1.807) is 12.1 Å². The van der Waals surface area contributed by atoms with Crippen LogP contribution in [-0.4, -0.2) is 38.2 Å². The number of nitrogens with one attached hydrogen (secondary N) is 3. The van der Waals surface area contributed by atoms with Crippen LogP contribution in [0.5, 0.6) is 0 Å². The number of H-pyrrole nitrogens is 2. The van der Waals surface area contributed by atoms with Crippen LogP contribution in [0, 0.1) is 12.7 Å². The number of halogens is 1. The molecule has 0 spiro atoms. The van der Waals surface area contributed by atoms with Crippen molar-refractivity contribution in [1.82, 2.24) is 30.5 Å². The lowest BCUT2D eigenvalue weighted by molar-refractivity contribution is 0.627. The number of aryl methyl sites for hydroxylation is 1. The highest BCUT2D eigenvalue weighted by Crippen LogP contribution is 2.31. The number of rotatable bonds is 5. The molecule has 0 saturated heterocycles. The summed E-state index contributed by atoms with van der Waals surface area (Å²) in [5, 5.41) is 11.7. The van der Waals surface area contributed by atoms with E-state index in [-0.39, 0.29) is 5.82 Å². The van der Waals surface area contributed by atoms with E-state index < -0.39 is 0 Å². The zero-order valence-electron chi connectivity index (χ0n) is 17.7. The smallest absolute Gasteiger partial charge is 0.181 e. The van der Waals surface area contributed by atoms with Crippen LogP contribution >= 0.6 is 0 Å². The molecule has 0 saturated carbocycles. The van der Waals surface area contributed by atoms with Gasteiger partial charge in [0.25, 0.3) is 0 Å². The maximum Gasteiger partial charge on any atom is 0.181 e. The summed E-state index contributed by atoms with van der Waals surface area (Å²) < 4.78 is 13.9. The first-order chi connectivity index (χ1) is 15.6. The average Bonchev–Trinajstić information content (AvgIpc) is 3.41. The standard InChI is InChI=1S/C25H23FN6/c1-3-5-20(17-6-4-7-19(26)12-17)22-15(2)29-25(30-22)23-21-13-18(14-28-24(21)32-31-23)16-8-10-27-11-9-16/h3-8,12-14,27H,1,9-11H2,2H3,(H,29,30)(H,28,31,32)/b20-5-. The van der Waals surface area contributed by atoms with Crippen LogP contribution in [0.4, 0.5) is 4.39 Å². The first-order valence-corrected chi connectivity index (χ1v) is 10.5. The highest BCUT2D eigenvalue weighted by Gasteiger charge is 2.18. The van der Waals surface area contributed by atoms with Crippen molar-refractivity contribution in [2.24, 2.45) is 0 Å². The van der Waals surface area contributed by atoms with Crippen LogP contribution in [0.2, 0.25) is 0 Å². The number of aromatic amines is 2. The van der Waals surface area contributed by atoms with E-state index in [1.807, 2.05) is 25.3 Å². The van der Waals surface area contributed by atoms with Crippen LogP contribution in [0.1, 0.15) is 28.9 Å². The Morgan fingerprint density at radius 2 is 2.16 bits per heavy atom. The molecule has 4 heterocycles. The van der Waals surface area contributed by atoms with Gasteiger partial charge >= 0.3 is 0 Å². The fourth-order valence-electron chi connectivity index (χ4n) is 4.07. The van der Waals surface area contributed by atoms with Gasteiger partial charge in [-0.05, 0) is 54.8 Å². The Morgan fingerprint density at radius 3 is 2.94 bits per heavy atom. The van der Waals surface area contributed by atoms with Gasteiger partial charge in [0.2, 0.25) is 0 Å². The van der Waals surface area contributed by atoms with Gasteiger partial charge in [-0.25, -0.2) is 14.4 Å². The third-order valence-corrected chi connectivity index (χ3v) is 5.64. The van der Waals surface area contributed by atoms with Gasteiger partial charge in [0, 0.05) is 24.0 Å². The number of imidazole rings is 1. The molecule has 160 valence electrons.